The van der Waals surface area contributed by atoms with Crippen molar-refractivity contribution in [2.75, 3.05) is 6.61 Å². The Labute approximate surface area is 128 Å². The van der Waals surface area contributed by atoms with E-state index < -0.39 is 18.0 Å². The average Bonchev–Trinajstić information content (AvgIpc) is 3.31. The molecule has 0 amide bonds. The molecule has 0 bridgehead atoms. The van der Waals surface area contributed by atoms with E-state index in [0.717, 1.165) is 31.2 Å². The van der Waals surface area contributed by atoms with Crippen LogP contribution in [0.4, 0.5) is 8.78 Å². The van der Waals surface area contributed by atoms with Crippen LogP contribution in [-0.2, 0) is 0 Å². The smallest absolute Gasteiger partial charge is 0.338 e. The molecule has 5 heteroatoms. The molecule has 22 heavy (non-hydrogen) atoms. The first-order valence-electron chi connectivity index (χ1n) is 7.88. The van der Waals surface area contributed by atoms with Crippen molar-refractivity contribution in [3.8, 4) is 5.75 Å². The highest BCUT2D eigenvalue weighted by Crippen LogP contribution is 2.45. The monoisotopic (exact) mass is 310 g/mol. The molecule has 2 aliphatic carbocycles. The molecule has 0 aliphatic heterocycles. The lowest BCUT2D eigenvalue weighted by molar-refractivity contribution is 0.0691. The van der Waals surface area contributed by atoms with Gasteiger partial charge in [-0.1, -0.05) is 0 Å². The number of ether oxygens (including phenoxy) is 1. The normalized spacial score (nSPS) is 25.0. The van der Waals surface area contributed by atoms with E-state index in [2.05, 4.69) is 0 Å². The van der Waals surface area contributed by atoms with Crippen LogP contribution in [0.15, 0.2) is 12.1 Å². The fourth-order valence-electron chi connectivity index (χ4n) is 3.07. The van der Waals surface area contributed by atoms with Gasteiger partial charge < -0.3 is 9.84 Å². The Morgan fingerprint density at radius 2 is 1.86 bits per heavy atom. The Balaban J connectivity index is 1.72. The van der Waals surface area contributed by atoms with E-state index in [9.17, 15) is 13.6 Å². The number of alkyl halides is 1. The van der Waals surface area contributed by atoms with E-state index in [1.54, 1.807) is 0 Å². The van der Waals surface area contributed by atoms with Crippen molar-refractivity contribution in [3.63, 3.8) is 0 Å². The van der Waals surface area contributed by atoms with Gasteiger partial charge in [0.15, 0.2) is 0 Å². The van der Waals surface area contributed by atoms with Crippen LogP contribution in [0.1, 0.15) is 60.4 Å². The molecule has 0 aromatic heterocycles. The maximum Gasteiger partial charge on any atom is 0.338 e. The predicted octanol–water partition coefficient (Wildman–Crippen LogP) is 4.31. The molecule has 0 saturated heterocycles. The molecular weight excluding hydrogens is 290 g/mol. The lowest BCUT2D eigenvalue weighted by Crippen LogP contribution is -2.21. The summed E-state index contributed by atoms with van der Waals surface area (Å²) in [6.45, 7) is 0.443. The Morgan fingerprint density at radius 3 is 2.45 bits per heavy atom. The van der Waals surface area contributed by atoms with Gasteiger partial charge in [0.25, 0.3) is 0 Å². The number of hydrogen-bond acceptors (Lipinski definition) is 2. The Bertz CT molecular complexity index is 561. The van der Waals surface area contributed by atoms with Gasteiger partial charge in [-0.2, -0.15) is 0 Å². The van der Waals surface area contributed by atoms with E-state index in [4.69, 9.17) is 9.84 Å². The molecule has 0 radical (unpaired) electrons. The van der Waals surface area contributed by atoms with Crippen LogP contribution in [-0.4, -0.2) is 23.9 Å². The molecule has 1 aromatic rings. The summed E-state index contributed by atoms with van der Waals surface area (Å²) in [4.78, 5) is 11.0. The number of carbonyl (C=O) groups is 1. The first kappa shape index (κ1) is 15.3. The van der Waals surface area contributed by atoms with Crippen molar-refractivity contribution in [2.45, 2.75) is 50.6 Å². The van der Waals surface area contributed by atoms with Crippen LogP contribution in [0.2, 0.25) is 0 Å². The largest absolute Gasteiger partial charge is 0.493 e. The molecule has 120 valence electrons. The standard InChI is InChI=1S/C17H20F2O3/c18-12-5-1-10(2-6-12)9-22-16-8-15(19)14(17(20)21)7-13(16)11-3-4-11/h7-8,10-12H,1-6,9H2,(H,20,21). The SMILES string of the molecule is O=C(O)c1cc(C2CC2)c(OCC2CCC(F)CC2)cc1F. The van der Waals surface area contributed by atoms with E-state index in [-0.39, 0.29) is 11.5 Å². The van der Waals surface area contributed by atoms with E-state index in [1.807, 2.05) is 0 Å². The van der Waals surface area contributed by atoms with Crippen LogP contribution in [0.5, 0.6) is 5.75 Å². The molecule has 0 heterocycles. The molecular formula is C17H20F2O3. The van der Waals surface area contributed by atoms with E-state index in [0.29, 0.717) is 31.1 Å². The second-order valence-electron chi connectivity index (χ2n) is 6.38. The lowest BCUT2D eigenvalue weighted by Gasteiger charge is -2.24. The number of benzene rings is 1. The van der Waals surface area contributed by atoms with Crippen LogP contribution in [0.3, 0.4) is 0 Å². The van der Waals surface area contributed by atoms with Crippen molar-refractivity contribution < 1.29 is 23.4 Å². The minimum atomic E-state index is -1.26. The lowest BCUT2D eigenvalue weighted by atomic mass is 9.89. The molecule has 1 aromatic carbocycles. The van der Waals surface area contributed by atoms with Gasteiger partial charge in [-0.3, -0.25) is 0 Å². The Kier molecular flexibility index (Phi) is 4.32. The van der Waals surface area contributed by atoms with Crippen molar-refractivity contribution in [1.29, 1.82) is 0 Å². The summed E-state index contributed by atoms with van der Waals surface area (Å²) in [5.41, 5.74) is 0.491. The number of carboxylic acids is 1. The number of hydrogen-bond donors (Lipinski definition) is 1. The van der Waals surface area contributed by atoms with Crippen molar-refractivity contribution in [1.82, 2.24) is 0 Å². The topological polar surface area (TPSA) is 46.5 Å². The maximum absolute atomic E-state index is 13.9. The van der Waals surface area contributed by atoms with E-state index >= 15 is 0 Å². The van der Waals surface area contributed by atoms with Gasteiger partial charge in [-0.05, 0) is 62.0 Å². The maximum atomic E-state index is 13.9. The van der Waals surface area contributed by atoms with Gasteiger partial charge in [0.1, 0.15) is 17.7 Å². The number of halogens is 2. The van der Waals surface area contributed by atoms with Gasteiger partial charge in [-0.25, -0.2) is 13.6 Å². The molecule has 0 atom stereocenters. The Hall–Kier alpha value is -1.65. The number of carboxylic acid groups (broad SMARTS) is 1. The zero-order valence-electron chi connectivity index (χ0n) is 12.4. The zero-order chi connectivity index (χ0) is 15.7. The molecule has 2 fully saturated rings. The Morgan fingerprint density at radius 1 is 1.18 bits per heavy atom. The van der Waals surface area contributed by atoms with E-state index in [1.165, 1.54) is 12.1 Å². The molecule has 1 N–H and O–H groups in total. The van der Waals surface area contributed by atoms with Gasteiger partial charge in [0, 0.05) is 6.07 Å². The summed E-state index contributed by atoms with van der Waals surface area (Å²) >= 11 is 0. The summed E-state index contributed by atoms with van der Waals surface area (Å²) in [7, 11) is 0. The first-order valence-corrected chi connectivity index (χ1v) is 7.88. The van der Waals surface area contributed by atoms with Gasteiger partial charge in [0.05, 0.1) is 12.2 Å². The fraction of sp³-hybridized carbons (Fsp3) is 0.588. The van der Waals surface area contributed by atoms with Gasteiger partial charge in [-0.15, -0.1) is 0 Å². The highest BCUT2D eigenvalue weighted by atomic mass is 19.1. The summed E-state index contributed by atoms with van der Waals surface area (Å²) in [5, 5.41) is 9.03. The second kappa shape index (κ2) is 6.23. The summed E-state index contributed by atoms with van der Waals surface area (Å²) in [6, 6.07) is 2.60. The molecule has 2 saturated carbocycles. The molecule has 0 spiro atoms. The first-order chi connectivity index (χ1) is 10.5. The van der Waals surface area contributed by atoms with Crippen LogP contribution < -0.4 is 4.74 Å². The van der Waals surface area contributed by atoms with Gasteiger partial charge in [0.2, 0.25) is 0 Å². The van der Waals surface area contributed by atoms with Crippen molar-refractivity contribution >= 4 is 5.97 Å². The molecule has 3 nitrogen and oxygen atoms in total. The molecule has 2 aliphatic rings. The van der Waals surface area contributed by atoms with Gasteiger partial charge >= 0.3 is 5.97 Å². The number of aromatic carboxylic acids is 1. The molecule has 0 unspecified atom stereocenters. The average molecular weight is 310 g/mol. The molecule has 3 rings (SSSR count). The van der Waals surface area contributed by atoms with Crippen LogP contribution >= 0.6 is 0 Å². The summed E-state index contributed by atoms with van der Waals surface area (Å²) in [5.74, 6) is -1.00. The summed E-state index contributed by atoms with van der Waals surface area (Å²) in [6.07, 6.45) is 3.96. The third kappa shape index (κ3) is 3.39. The van der Waals surface area contributed by atoms with Crippen LogP contribution in [0, 0.1) is 11.7 Å². The third-order valence-corrected chi connectivity index (χ3v) is 4.60. The minimum absolute atomic E-state index is 0.273. The fourth-order valence-corrected chi connectivity index (χ4v) is 3.07. The highest BCUT2D eigenvalue weighted by Gasteiger charge is 2.30. The van der Waals surface area contributed by atoms with Crippen molar-refractivity contribution in [3.05, 3.63) is 29.1 Å². The quantitative estimate of drug-likeness (QED) is 0.881. The second-order valence-corrected chi connectivity index (χ2v) is 6.38. The highest BCUT2D eigenvalue weighted by molar-refractivity contribution is 5.88. The van der Waals surface area contributed by atoms with Crippen LogP contribution in [0.25, 0.3) is 0 Å². The van der Waals surface area contributed by atoms with Crippen molar-refractivity contribution in [2.24, 2.45) is 5.92 Å². The number of rotatable bonds is 5. The third-order valence-electron chi connectivity index (χ3n) is 4.60. The predicted molar refractivity (Wildman–Crippen MR) is 77.7 cm³/mol. The zero-order valence-corrected chi connectivity index (χ0v) is 12.4. The summed E-state index contributed by atoms with van der Waals surface area (Å²) < 4.78 is 32.8. The minimum Gasteiger partial charge on any atom is -0.493 e.